The van der Waals surface area contributed by atoms with Gasteiger partial charge in [-0.25, -0.2) is 0 Å². The molecule has 12 aromatic rings. The molecule has 0 unspecified atom stereocenters. The van der Waals surface area contributed by atoms with Gasteiger partial charge < -0.3 is 23.5 Å². The number of para-hydroxylation sites is 3. The summed E-state index contributed by atoms with van der Waals surface area (Å²) in [6.45, 7) is 20.0. The van der Waals surface area contributed by atoms with E-state index >= 15 is 0 Å². The molecule has 2 aliphatic rings. The molecule has 0 amide bonds. The Morgan fingerprint density at radius 2 is 0.988 bits per heavy atom. The van der Waals surface area contributed by atoms with Gasteiger partial charge in [-0.15, -0.1) is 0 Å². The van der Waals surface area contributed by atoms with E-state index in [1.165, 1.54) is 50.1 Å². The Labute approximate surface area is 510 Å². The van der Waals surface area contributed by atoms with Gasteiger partial charge in [0, 0.05) is 100 Å². The van der Waals surface area contributed by atoms with Crippen molar-refractivity contribution in [2.75, 3.05) is 14.7 Å². The van der Waals surface area contributed by atoms with E-state index in [9.17, 15) is 0 Å². The highest BCUT2D eigenvalue weighted by Gasteiger charge is 2.24. The molecule has 14 rings (SSSR count). The van der Waals surface area contributed by atoms with Crippen LogP contribution in [0.25, 0.3) is 65.8 Å². The molecule has 6 heteroatoms. The molecule has 0 fully saturated rings. The van der Waals surface area contributed by atoms with Crippen LogP contribution < -0.4 is 14.7 Å². The van der Waals surface area contributed by atoms with Crippen LogP contribution in [0, 0.1) is 0 Å². The van der Waals surface area contributed by atoms with Gasteiger partial charge in [0.05, 0.1) is 0 Å². The molecule has 1 aliphatic heterocycles. The number of hydrogen-bond donors (Lipinski definition) is 0. The van der Waals surface area contributed by atoms with Gasteiger partial charge in [-0.3, -0.25) is 0 Å². The molecular weight excluding hydrogens is 1070 g/mol. The van der Waals surface area contributed by atoms with Crippen LogP contribution in [-0.4, -0.2) is 0 Å². The van der Waals surface area contributed by atoms with Gasteiger partial charge in [-0.1, -0.05) is 183 Å². The molecular formula is C80H71N3O2S. The molecule has 5 nitrogen and oxygen atoms in total. The maximum Gasteiger partial charge on any atom is 0.137 e. The summed E-state index contributed by atoms with van der Waals surface area (Å²) in [6, 6.07) is 77.6. The summed E-state index contributed by atoms with van der Waals surface area (Å²) in [7, 11) is 0. The maximum atomic E-state index is 6.74. The van der Waals surface area contributed by atoms with Crippen LogP contribution in [0.5, 0.6) is 0 Å². The maximum absolute atomic E-state index is 6.74. The van der Waals surface area contributed by atoms with E-state index in [1.54, 1.807) is 11.6 Å². The number of nitrogens with zero attached hydrogens (tertiary/aromatic N) is 3. The zero-order valence-electron chi connectivity index (χ0n) is 49.9. The highest BCUT2D eigenvalue weighted by molar-refractivity contribution is 7.99. The minimum absolute atomic E-state index is 0.805. The average Bonchev–Trinajstić information content (AvgIpc) is 2.52. The number of furan rings is 2. The predicted octanol–water partition coefficient (Wildman–Crippen LogP) is 24.9. The lowest BCUT2D eigenvalue weighted by atomic mass is 9.97. The lowest BCUT2D eigenvalue weighted by molar-refractivity contribution is 0.668. The van der Waals surface area contributed by atoms with Crippen LogP contribution in [0.2, 0.25) is 0 Å². The fraction of sp³-hybridized carbons (Fsp3) is 0.100. The molecule has 3 heterocycles. The van der Waals surface area contributed by atoms with Crippen molar-refractivity contribution in [3.05, 3.63) is 303 Å². The lowest BCUT2D eigenvalue weighted by Gasteiger charge is -2.28. The molecule has 1 aliphatic carbocycles. The molecule has 86 heavy (non-hydrogen) atoms. The summed E-state index contributed by atoms with van der Waals surface area (Å²) in [5, 5.41) is 6.78. The second-order valence-corrected chi connectivity index (χ2v) is 22.0. The highest BCUT2D eigenvalue weighted by atomic mass is 32.2. The molecule has 10 aromatic carbocycles. The Kier molecular flexibility index (Phi) is 17.9. The normalized spacial score (nSPS) is 12.6. The summed E-state index contributed by atoms with van der Waals surface area (Å²) >= 11 is 1.85. The molecule has 0 bridgehead atoms. The number of hydrogen-bond acceptors (Lipinski definition) is 6. The average molecular weight is 1140 g/mol. The minimum Gasteiger partial charge on any atom is -0.456 e. The van der Waals surface area contributed by atoms with E-state index in [-0.39, 0.29) is 0 Å². The molecule has 2 aromatic heterocycles. The topological polar surface area (TPSA) is 36.0 Å². The summed E-state index contributed by atoms with van der Waals surface area (Å²) in [5.41, 5.74) is 18.0. The number of benzene rings is 10. The van der Waals surface area contributed by atoms with Gasteiger partial charge in [0.1, 0.15) is 22.3 Å². The fourth-order valence-electron chi connectivity index (χ4n) is 11.3. The SMILES string of the molecule is C=C/C(=C\C=C/C)N(c1ccccc1)c1ccc2c(c1)oc1ccc(N(c3ccccc3)c3ccc4c(c3)oc3ccc(N(c5ccccc5)c5ccc6c(c5)Sc5cccc7cccc-6c57)cc34)cc12.C=C/C=C/C.CC.CC1=C(C)CCC=C1. The Bertz CT molecular complexity index is 4560. The Morgan fingerprint density at radius 3 is 1.52 bits per heavy atom. The fourth-order valence-corrected chi connectivity index (χ4v) is 12.5. The van der Waals surface area contributed by atoms with E-state index in [4.69, 9.17) is 8.83 Å². The Balaban J connectivity index is 0.000000456. The van der Waals surface area contributed by atoms with Crippen molar-refractivity contribution in [3.8, 4) is 11.1 Å². The van der Waals surface area contributed by atoms with E-state index in [0.717, 1.165) is 95.1 Å². The van der Waals surface area contributed by atoms with Gasteiger partial charge >= 0.3 is 0 Å². The minimum atomic E-state index is 0.805. The molecule has 0 radical (unpaired) electrons. The first-order valence-electron chi connectivity index (χ1n) is 29.7. The second-order valence-electron chi connectivity index (χ2n) is 20.9. The molecule has 0 N–H and O–H groups in total. The van der Waals surface area contributed by atoms with Crippen LogP contribution in [0.3, 0.4) is 0 Å². The van der Waals surface area contributed by atoms with Gasteiger partial charge in [0.2, 0.25) is 0 Å². The third-order valence-electron chi connectivity index (χ3n) is 15.5. The summed E-state index contributed by atoms with van der Waals surface area (Å²) in [4.78, 5) is 9.37. The van der Waals surface area contributed by atoms with E-state index in [0.29, 0.717) is 0 Å². The number of allylic oxidation sites excluding steroid dienone is 11. The molecule has 0 saturated carbocycles. The van der Waals surface area contributed by atoms with Crippen LogP contribution in [0.15, 0.2) is 322 Å². The summed E-state index contributed by atoms with van der Waals surface area (Å²) in [5.74, 6) is 0. The van der Waals surface area contributed by atoms with Crippen molar-refractivity contribution in [1.82, 2.24) is 0 Å². The van der Waals surface area contributed by atoms with Gasteiger partial charge in [0.25, 0.3) is 0 Å². The summed E-state index contributed by atoms with van der Waals surface area (Å²) < 4.78 is 13.4. The van der Waals surface area contributed by atoms with Crippen molar-refractivity contribution < 1.29 is 8.83 Å². The number of rotatable bonds is 12. The smallest absolute Gasteiger partial charge is 0.137 e. The van der Waals surface area contributed by atoms with Crippen LogP contribution in [0.4, 0.5) is 45.5 Å². The number of anilines is 8. The third-order valence-corrected chi connectivity index (χ3v) is 16.7. The highest BCUT2D eigenvalue weighted by Crippen LogP contribution is 2.51. The Hall–Kier alpha value is -10.0. The Morgan fingerprint density at radius 1 is 0.465 bits per heavy atom. The standard InChI is InChI=1S/C65H45N3O2S.C8H12.C5H8.C2H6/c1-3-5-19-44(4-2)66(45-20-9-6-10-21-45)50-28-33-53-57-38-48(31-36-59(57)69-61(53)40-50)67(46-22-11-7-12-23-46)51-29-34-54-58-39-49(32-37-60(58)70-62(54)41-51)68(47-24-13-8-14-25-47)52-30-35-55-56-26-15-17-43-18-16-27-63(65(43)56)71-64(55)42-52;1-7-5-3-4-6-8(7)2;1-3-5-4-2;1-2/h3-42H,2H2,1H3;3,5H,4,6H2,1-2H3;3-5H,1H2,2H3;1-2H3/b5-3-,44-19+;;5-4+;. The molecule has 424 valence electrons. The quantitative estimate of drug-likeness (QED) is 0.113. The molecule has 0 spiro atoms. The van der Waals surface area contributed by atoms with Crippen molar-refractivity contribution in [3.63, 3.8) is 0 Å². The summed E-state index contributed by atoms with van der Waals surface area (Å²) in [6.07, 6.45) is 20.5. The van der Waals surface area contributed by atoms with E-state index in [2.05, 4.69) is 272 Å². The van der Waals surface area contributed by atoms with Gasteiger partial charge in [0.15, 0.2) is 0 Å². The largest absolute Gasteiger partial charge is 0.456 e. The van der Waals surface area contributed by atoms with Crippen LogP contribution >= 0.6 is 11.8 Å². The van der Waals surface area contributed by atoms with Crippen molar-refractivity contribution in [1.29, 1.82) is 0 Å². The van der Waals surface area contributed by atoms with Crippen molar-refractivity contribution in [2.45, 2.75) is 64.2 Å². The second kappa shape index (κ2) is 26.7. The van der Waals surface area contributed by atoms with E-state index < -0.39 is 0 Å². The van der Waals surface area contributed by atoms with Crippen LogP contribution in [-0.2, 0) is 0 Å². The predicted molar refractivity (Wildman–Crippen MR) is 372 cm³/mol. The number of fused-ring (bicyclic) bond motifs is 8. The third kappa shape index (κ3) is 11.9. The van der Waals surface area contributed by atoms with Crippen LogP contribution in [0.1, 0.15) is 54.4 Å². The molecule has 0 atom stereocenters. The van der Waals surface area contributed by atoms with Crippen molar-refractivity contribution >= 4 is 112 Å². The molecule has 0 saturated heterocycles. The lowest BCUT2D eigenvalue weighted by Crippen LogP contribution is -2.14. The first-order valence-corrected chi connectivity index (χ1v) is 30.5. The first-order chi connectivity index (χ1) is 42.3. The van der Waals surface area contributed by atoms with E-state index in [1.807, 2.05) is 75.9 Å². The zero-order valence-corrected chi connectivity index (χ0v) is 50.7. The van der Waals surface area contributed by atoms with Gasteiger partial charge in [-0.05, 0) is 184 Å². The monoisotopic (exact) mass is 1140 g/mol. The van der Waals surface area contributed by atoms with Gasteiger partial charge in [-0.2, -0.15) is 0 Å². The van der Waals surface area contributed by atoms with Crippen molar-refractivity contribution in [2.24, 2.45) is 0 Å². The first kappa shape index (κ1) is 57.8. The zero-order chi connectivity index (χ0) is 59.5.